The highest BCUT2D eigenvalue weighted by atomic mass is 32.2. The third-order valence-electron chi connectivity index (χ3n) is 1.22. The summed E-state index contributed by atoms with van der Waals surface area (Å²) in [7, 11) is 0. The number of benzene rings is 1. The molecule has 0 bridgehead atoms. The molecule has 0 unspecified atom stereocenters. The van der Waals surface area contributed by atoms with E-state index in [4.69, 9.17) is 0 Å². The molecule has 0 atom stereocenters. The third kappa shape index (κ3) is 2.38. The van der Waals surface area contributed by atoms with Gasteiger partial charge in [0.15, 0.2) is 0 Å². The molecule has 0 heterocycles. The van der Waals surface area contributed by atoms with Crippen molar-refractivity contribution < 1.29 is 9.59 Å². The predicted octanol–water partition coefficient (Wildman–Crippen LogP) is 1.91. The van der Waals surface area contributed by atoms with Gasteiger partial charge in [0.1, 0.15) is 5.94 Å². The van der Waals surface area contributed by atoms with Gasteiger partial charge in [-0.25, -0.2) is 4.79 Å². The SMILES string of the molecule is O=C=CSC(=O)c1ccccc1. The van der Waals surface area contributed by atoms with E-state index in [-0.39, 0.29) is 5.12 Å². The number of hydrogen-bond acceptors (Lipinski definition) is 3. The summed E-state index contributed by atoms with van der Waals surface area (Å²) in [5, 5.41) is 0.967. The Balaban J connectivity index is 2.72. The largest absolute Gasteiger partial charge is 0.281 e. The third-order valence-corrected chi connectivity index (χ3v) is 1.89. The van der Waals surface area contributed by atoms with Crippen molar-refractivity contribution in [2.45, 2.75) is 0 Å². The van der Waals surface area contributed by atoms with Gasteiger partial charge in [0.05, 0.1) is 5.41 Å². The average molecular weight is 178 g/mol. The van der Waals surface area contributed by atoms with Crippen molar-refractivity contribution in [2.24, 2.45) is 0 Å². The van der Waals surface area contributed by atoms with Crippen LogP contribution in [0.4, 0.5) is 0 Å². The summed E-state index contributed by atoms with van der Waals surface area (Å²) in [4.78, 5) is 20.9. The van der Waals surface area contributed by atoms with Gasteiger partial charge in [0.2, 0.25) is 5.12 Å². The van der Waals surface area contributed by atoms with Crippen molar-refractivity contribution in [1.29, 1.82) is 0 Å². The minimum atomic E-state index is -0.140. The Labute approximate surface area is 74.3 Å². The molecule has 0 saturated heterocycles. The molecular weight excluding hydrogens is 172 g/mol. The van der Waals surface area contributed by atoms with E-state index in [0.29, 0.717) is 5.56 Å². The van der Waals surface area contributed by atoms with Gasteiger partial charge in [0.25, 0.3) is 0 Å². The van der Waals surface area contributed by atoms with E-state index in [9.17, 15) is 9.59 Å². The molecule has 0 aliphatic heterocycles. The fraction of sp³-hybridized carbons (Fsp3) is 0. The van der Waals surface area contributed by atoms with E-state index < -0.39 is 0 Å². The molecule has 1 rings (SSSR count). The molecule has 12 heavy (non-hydrogen) atoms. The van der Waals surface area contributed by atoms with E-state index >= 15 is 0 Å². The van der Waals surface area contributed by atoms with Gasteiger partial charge in [-0.1, -0.05) is 30.3 Å². The highest BCUT2D eigenvalue weighted by molar-refractivity contribution is 8.16. The molecule has 0 radical (unpaired) electrons. The second kappa shape index (κ2) is 4.54. The number of rotatable bonds is 2. The summed E-state index contributed by atoms with van der Waals surface area (Å²) < 4.78 is 0. The minimum Gasteiger partial charge on any atom is -0.281 e. The average Bonchev–Trinajstić information content (AvgIpc) is 2.15. The normalized spacial score (nSPS) is 8.67. The van der Waals surface area contributed by atoms with Crippen LogP contribution in [-0.2, 0) is 4.79 Å². The summed E-state index contributed by atoms with van der Waals surface area (Å²) in [5.74, 6) is 1.54. The summed E-state index contributed by atoms with van der Waals surface area (Å²) in [6, 6.07) is 8.79. The Bertz CT molecular complexity index is 313. The van der Waals surface area contributed by atoms with Gasteiger partial charge in [-0.05, 0) is 11.8 Å². The van der Waals surface area contributed by atoms with Crippen LogP contribution in [0.2, 0.25) is 0 Å². The molecule has 0 aliphatic rings. The van der Waals surface area contributed by atoms with Gasteiger partial charge >= 0.3 is 0 Å². The zero-order chi connectivity index (χ0) is 8.81. The molecule has 0 aliphatic carbocycles. The standard InChI is InChI=1S/C9H6O2S/c10-6-7-12-9(11)8-4-2-1-3-5-8/h1-5,7H. The maximum atomic E-state index is 11.2. The van der Waals surface area contributed by atoms with Crippen LogP contribution in [0.15, 0.2) is 35.7 Å². The zero-order valence-electron chi connectivity index (χ0n) is 6.19. The van der Waals surface area contributed by atoms with E-state index in [2.05, 4.69) is 0 Å². The van der Waals surface area contributed by atoms with Crippen molar-refractivity contribution in [3.05, 3.63) is 41.3 Å². The molecule has 60 valence electrons. The molecule has 2 nitrogen and oxygen atoms in total. The molecule has 0 N–H and O–H groups in total. The fourth-order valence-corrected chi connectivity index (χ4v) is 1.15. The summed E-state index contributed by atoms with van der Waals surface area (Å²) in [6.07, 6.45) is 0. The molecule has 3 heteroatoms. The summed E-state index contributed by atoms with van der Waals surface area (Å²) in [5.41, 5.74) is 0.592. The van der Waals surface area contributed by atoms with Crippen LogP contribution >= 0.6 is 11.8 Å². The second-order valence-corrected chi connectivity index (χ2v) is 2.85. The Hall–Kier alpha value is -1.31. The molecule has 0 amide bonds. The first-order valence-electron chi connectivity index (χ1n) is 3.30. The predicted molar refractivity (Wildman–Crippen MR) is 48.6 cm³/mol. The lowest BCUT2D eigenvalue weighted by molar-refractivity contribution is 0.109. The van der Waals surface area contributed by atoms with Gasteiger partial charge in [-0.15, -0.1) is 0 Å². The Morgan fingerprint density at radius 1 is 1.33 bits per heavy atom. The summed E-state index contributed by atoms with van der Waals surface area (Å²) in [6.45, 7) is 0. The van der Waals surface area contributed by atoms with Crippen LogP contribution in [0.5, 0.6) is 0 Å². The zero-order valence-corrected chi connectivity index (χ0v) is 7.01. The maximum absolute atomic E-state index is 11.2. The Morgan fingerprint density at radius 2 is 2.00 bits per heavy atom. The van der Waals surface area contributed by atoms with Crippen LogP contribution < -0.4 is 0 Å². The van der Waals surface area contributed by atoms with E-state index in [1.165, 1.54) is 5.94 Å². The van der Waals surface area contributed by atoms with Crippen molar-refractivity contribution in [3.63, 3.8) is 0 Å². The Kier molecular flexibility index (Phi) is 3.33. The first-order valence-corrected chi connectivity index (χ1v) is 4.18. The van der Waals surface area contributed by atoms with Crippen molar-refractivity contribution in [3.8, 4) is 0 Å². The molecule has 0 saturated carbocycles. The van der Waals surface area contributed by atoms with Crippen LogP contribution in [-0.4, -0.2) is 11.1 Å². The van der Waals surface area contributed by atoms with Crippen molar-refractivity contribution in [1.82, 2.24) is 0 Å². The summed E-state index contributed by atoms with van der Waals surface area (Å²) >= 11 is 0.842. The lowest BCUT2D eigenvalue weighted by Crippen LogP contribution is -1.89. The molecule has 1 aromatic rings. The maximum Gasteiger partial charge on any atom is 0.224 e. The van der Waals surface area contributed by atoms with Crippen molar-refractivity contribution in [2.75, 3.05) is 0 Å². The van der Waals surface area contributed by atoms with Crippen LogP contribution in [0, 0.1) is 0 Å². The molecule has 0 fully saturated rings. The molecular formula is C9H6O2S. The number of thioether (sulfide) groups is 1. The quantitative estimate of drug-likeness (QED) is 0.649. The van der Waals surface area contributed by atoms with Gasteiger partial charge in [-0.2, -0.15) is 0 Å². The van der Waals surface area contributed by atoms with Gasteiger partial charge < -0.3 is 0 Å². The van der Waals surface area contributed by atoms with Crippen LogP contribution in [0.1, 0.15) is 10.4 Å². The minimum absolute atomic E-state index is 0.140. The highest BCUT2D eigenvalue weighted by Crippen LogP contribution is 2.11. The topological polar surface area (TPSA) is 34.1 Å². The first-order chi connectivity index (χ1) is 5.84. The van der Waals surface area contributed by atoms with E-state index in [1.807, 2.05) is 6.07 Å². The molecule has 1 aromatic carbocycles. The van der Waals surface area contributed by atoms with Crippen molar-refractivity contribution >= 4 is 22.8 Å². The lowest BCUT2D eigenvalue weighted by atomic mass is 10.2. The van der Waals surface area contributed by atoms with Crippen LogP contribution in [0.3, 0.4) is 0 Å². The van der Waals surface area contributed by atoms with E-state index in [1.54, 1.807) is 24.3 Å². The van der Waals surface area contributed by atoms with Gasteiger partial charge in [0, 0.05) is 5.56 Å². The number of hydrogen-bond donors (Lipinski definition) is 0. The highest BCUT2D eigenvalue weighted by Gasteiger charge is 2.01. The molecule has 0 spiro atoms. The smallest absolute Gasteiger partial charge is 0.224 e. The van der Waals surface area contributed by atoms with Gasteiger partial charge in [-0.3, -0.25) is 4.79 Å². The molecule has 0 aromatic heterocycles. The Morgan fingerprint density at radius 3 is 2.58 bits per heavy atom. The van der Waals surface area contributed by atoms with Crippen LogP contribution in [0.25, 0.3) is 0 Å². The number of carbonyl (C=O) groups is 1. The fourth-order valence-electron chi connectivity index (χ4n) is 0.720. The first kappa shape index (κ1) is 8.78. The lowest BCUT2D eigenvalue weighted by Gasteiger charge is -1.93. The monoisotopic (exact) mass is 178 g/mol. The second-order valence-electron chi connectivity index (χ2n) is 2.01. The van der Waals surface area contributed by atoms with E-state index in [0.717, 1.165) is 17.2 Å². The number of carbonyl (C=O) groups excluding carboxylic acids is 2.